The van der Waals surface area contributed by atoms with Crippen molar-refractivity contribution in [2.45, 2.75) is 5.41 Å². The molecule has 1 aliphatic carbocycles. The fourth-order valence-corrected chi connectivity index (χ4v) is 10.0. The normalized spacial score (nSPS) is 12.3. The van der Waals surface area contributed by atoms with Crippen LogP contribution in [0.25, 0.3) is 89.5 Å². The van der Waals surface area contributed by atoms with E-state index in [-0.39, 0.29) is 0 Å². The maximum Gasteiger partial charge on any atom is 0.0713 e. The highest BCUT2D eigenvalue weighted by Crippen LogP contribution is 2.57. The summed E-state index contributed by atoms with van der Waals surface area (Å²) in [5.74, 6) is 0. The SMILES string of the molecule is c1ccc(C2(c3ccccc3)c3ccccc3-c3ccc(-c4cc(-c5cccc(-c6cccc(-c7ccncc7)n6)c5)cc(-c5cccc(-c6cccc(-c7ccncc7)n6)c5)c4)cc32)cc1. The van der Waals surface area contributed by atoms with Crippen molar-refractivity contribution in [3.8, 4) is 89.5 Å². The number of hydrogen-bond acceptors (Lipinski definition) is 4. The predicted octanol–water partition coefficient (Wildman–Crippen LogP) is 15.3. The second-order valence-corrected chi connectivity index (χ2v) is 17.0. The lowest BCUT2D eigenvalue weighted by Crippen LogP contribution is -2.28. The largest absolute Gasteiger partial charge is 0.265 e. The number of nitrogens with zero attached hydrogens (tertiary/aromatic N) is 4. The number of fused-ring (bicyclic) bond motifs is 3. The number of rotatable bonds is 9. The molecule has 0 fully saturated rings. The van der Waals surface area contributed by atoms with Crippen molar-refractivity contribution in [1.82, 2.24) is 19.9 Å². The minimum atomic E-state index is -0.511. The lowest BCUT2D eigenvalue weighted by atomic mass is 9.67. The molecule has 4 aromatic heterocycles. The lowest BCUT2D eigenvalue weighted by molar-refractivity contribution is 0.769. The van der Waals surface area contributed by atoms with Crippen LogP contribution in [0.4, 0.5) is 0 Å². The Bertz CT molecular complexity index is 3390. The standard InChI is InChI=1S/C63H42N4/c1-3-17-53(18-4-1)63(54-19-5-2-6-20-54)57-22-8-7-21-55(57)56-28-27-47(42-58(56)63)52-40-50(45-13-9-15-48(37-45)61-25-11-23-59(66-61)43-29-33-64-34-30-43)39-51(41-52)46-14-10-16-49(38-46)62-26-12-24-60(67-62)44-31-35-65-36-32-44/h1-42H. The number of aromatic nitrogens is 4. The number of hydrogen-bond donors (Lipinski definition) is 0. The van der Waals surface area contributed by atoms with Crippen LogP contribution in [0.1, 0.15) is 22.3 Å². The summed E-state index contributed by atoms with van der Waals surface area (Å²) in [6, 6.07) is 83.0. The molecule has 314 valence electrons. The Balaban J connectivity index is 1.03. The maximum absolute atomic E-state index is 5.12. The van der Waals surface area contributed by atoms with Crippen LogP contribution in [0, 0.1) is 0 Å². The summed E-state index contributed by atoms with van der Waals surface area (Å²) >= 11 is 0. The molecule has 7 aromatic carbocycles. The van der Waals surface area contributed by atoms with Crippen molar-refractivity contribution in [3.05, 3.63) is 278 Å². The highest BCUT2D eigenvalue weighted by atomic mass is 14.7. The first-order valence-corrected chi connectivity index (χ1v) is 22.7. The van der Waals surface area contributed by atoms with E-state index in [1.165, 1.54) is 33.4 Å². The maximum atomic E-state index is 5.12. The Labute approximate surface area is 390 Å². The Morgan fingerprint density at radius 3 is 1.13 bits per heavy atom. The highest BCUT2D eigenvalue weighted by molar-refractivity contribution is 5.90. The lowest BCUT2D eigenvalue weighted by Gasteiger charge is -2.34. The molecule has 11 aromatic rings. The van der Waals surface area contributed by atoms with Gasteiger partial charge in [0.15, 0.2) is 0 Å². The van der Waals surface area contributed by atoms with E-state index in [9.17, 15) is 0 Å². The van der Waals surface area contributed by atoms with Gasteiger partial charge in [-0.05, 0) is 152 Å². The summed E-state index contributed by atoms with van der Waals surface area (Å²) in [5.41, 5.74) is 21.6. The van der Waals surface area contributed by atoms with E-state index < -0.39 is 5.41 Å². The van der Waals surface area contributed by atoms with Gasteiger partial charge in [-0.25, -0.2) is 9.97 Å². The second-order valence-electron chi connectivity index (χ2n) is 17.0. The third-order valence-electron chi connectivity index (χ3n) is 13.2. The molecule has 0 spiro atoms. The van der Waals surface area contributed by atoms with Gasteiger partial charge >= 0.3 is 0 Å². The van der Waals surface area contributed by atoms with Gasteiger partial charge in [0.1, 0.15) is 0 Å². The van der Waals surface area contributed by atoms with Gasteiger partial charge in [-0.3, -0.25) is 9.97 Å². The van der Waals surface area contributed by atoms with Gasteiger partial charge in [-0.15, -0.1) is 0 Å². The van der Waals surface area contributed by atoms with E-state index in [1.54, 1.807) is 0 Å². The third kappa shape index (κ3) is 7.22. The van der Waals surface area contributed by atoms with Crippen LogP contribution in [-0.4, -0.2) is 19.9 Å². The Morgan fingerprint density at radius 2 is 0.627 bits per heavy atom. The Kier molecular flexibility index (Phi) is 10.0. The molecule has 0 bridgehead atoms. The molecule has 0 aliphatic heterocycles. The quantitative estimate of drug-likeness (QED) is 0.145. The molecule has 0 amide bonds. The van der Waals surface area contributed by atoms with Crippen LogP contribution in [-0.2, 0) is 5.41 Å². The van der Waals surface area contributed by atoms with Gasteiger partial charge in [0, 0.05) is 47.0 Å². The van der Waals surface area contributed by atoms with E-state index in [1.807, 2.05) is 49.1 Å². The van der Waals surface area contributed by atoms with Gasteiger partial charge in [-0.1, -0.05) is 146 Å². The average Bonchev–Trinajstić information content (AvgIpc) is 3.72. The molecule has 12 rings (SSSR count). The molecule has 0 radical (unpaired) electrons. The zero-order chi connectivity index (χ0) is 44.6. The van der Waals surface area contributed by atoms with Crippen molar-refractivity contribution in [1.29, 1.82) is 0 Å². The van der Waals surface area contributed by atoms with Crippen LogP contribution in [0.15, 0.2) is 255 Å². The van der Waals surface area contributed by atoms with E-state index in [2.05, 4.69) is 216 Å². The van der Waals surface area contributed by atoms with Crippen molar-refractivity contribution in [2.24, 2.45) is 0 Å². The molecule has 0 unspecified atom stereocenters. The molecular formula is C63H42N4. The van der Waals surface area contributed by atoms with Crippen molar-refractivity contribution in [3.63, 3.8) is 0 Å². The topological polar surface area (TPSA) is 51.6 Å². The first-order chi connectivity index (χ1) is 33.2. The van der Waals surface area contributed by atoms with Crippen LogP contribution in [0.3, 0.4) is 0 Å². The molecule has 0 saturated carbocycles. The molecule has 4 heteroatoms. The highest BCUT2D eigenvalue weighted by Gasteiger charge is 2.46. The van der Waals surface area contributed by atoms with Gasteiger partial charge in [0.05, 0.1) is 28.2 Å². The Morgan fingerprint density at radius 1 is 0.239 bits per heavy atom. The molecule has 0 saturated heterocycles. The van der Waals surface area contributed by atoms with E-state index in [4.69, 9.17) is 9.97 Å². The first-order valence-electron chi connectivity index (χ1n) is 22.7. The molecule has 0 N–H and O–H groups in total. The summed E-state index contributed by atoms with van der Waals surface area (Å²) < 4.78 is 0. The predicted molar refractivity (Wildman–Crippen MR) is 273 cm³/mol. The molecule has 0 atom stereocenters. The third-order valence-corrected chi connectivity index (χ3v) is 13.2. The van der Waals surface area contributed by atoms with E-state index in [0.717, 1.165) is 78.4 Å². The summed E-state index contributed by atoms with van der Waals surface area (Å²) in [7, 11) is 0. The molecule has 1 aliphatic rings. The van der Waals surface area contributed by atoms with Gasteiger partial charge in [0.25, 0.3) is 0 Å². The minimum absolute atomic E-state index is 0.511. The smallest absolute Gasteiger partial charge is 0.0713 e. The molecule has 4 nitrogen and oxygen atoms in total. The average molecular weight is 855 g/mol. The molecular weight excluding hydrogens is 813 g/mol. The van der Waals surface area contributed by atoms with E-state index >= 15 is 0 Å². The fraction of sp³-hybridized carbons (Fsp3) is 0.0159. The minimum Gasteiger partial charge on any atom is -0.265 e. The molecule has 67 heavy (non-hydrogen) atoms. The zero-order valence-electron chi connectivity index (χ0n) is 36.5. The van der Waals surface area contributed by atoms with E-state index in [0.29, 0.717) is 0 Å². The van der Waals surface area contributed by atoms with Crippen LogP contribution in [0.2, 0.25) is 0 Å². The van der Waals surface area contributed by atoms with Gasteiger partial charge < -0.3 is 0 Å². The van der Waals surface area contributed by atoms with Gasteiger partial charge in [-0.2, -0.15) is 0 Å². The number of benzene rings is 7. The summed E-state index contributed by atoms with van der Waals surface area (Å²) in [6.45, 7) is 0. The summed E-state index contributed by atoms with van der Waals surface area (Å²) in [4.78, 5) is 18.7. The van der Waals surface area contributed by atoms with Crippen LogP contribution in [0.5, 0.6) is 0 Å². The first kappa shape index (κ1) is 39.7. The van der Waals surface area contributed by atoms with Crippen molar-refractivity contribution < 1.29 is 0 Å². The number of pyridine rings is 4. The van der Waals surface area contributed by atoms with Crippen LogP contribution < -0.4 is 0 Å². The monoisotopic (exact) mass is 854 g/mol. The van der Waals surface area contributed by atoms with Crippen LogP contribution >= 0.6 is 0 Å². The Hall–Kier alpha value is -8.86. The fourth-order valence-electron chi connectivity index (χ4n) is 10.0. The zero-order valence-corrected chi connectivity index (χ0v) is 36.5. The summed E-state index contributed by atoms with van der Waals surface area (Å²) in [5, 5.41) is 0. The second kappa shape index (κ2) is 16.9. The van der Waals surface area contributed by atoms with Crippen molar-refractivity contribution in [2.75, 3.05) is 0 Å². The van der Waals surface area contributed by atoms with Gasteiger partial charge in [0.2, 0.25) is 0 Å². The summed E-state index contributed by atoms with van der Waals surface area (Å²) in [6.07, 6.45) is 7.24. The van der Waals surface area contributed by atoms with Crippen molar-refractivity contribution >= 4 is 0 Å². The molecule has 4 heterocycles.